The summed E-state index contributed by atoms with van der Waals surface area (Å²) in [6.45, 7) is 1.29. The molecule has 0 N–H and O–H groups in total. The van der Waals surface area contributed by atoms with Gasteiger partial charge in [-0.25, -0.2) is 0 Å². The molecule has 1 aromatic rings. The van der Waals surface area contributed by atoms with Crippen LogP contribution in [0.25, 0.3) is 0 Å². The average molecular weight is 196 g/mol. The van der Waals surface area contributed by atoms with Gasteiger partial charge in [0.25, 0.3) is 0 Å². The lowest BCUT2D eigenvalue weighted by molar-refractivity contribution is -0.131. The maximum Gasteiger partial charge on any atom is 0.308 e. The second-order valence-corrected chi connectivity index (χ2v) is 2.76. The monoisotopic (exact) mass is 195 g/mol. The van der Waals surface area contributed by atoms with E-state index in [0.29, 0.717) is 5.56 Å². The molecule has 0 aliphatic rings. The number of benzene rings is 1. The van der Waals surface area contributed by atoms with Crippen LogP contribution in [0.5, 0.6) is 5.75 Å². The standard InChI is InChI=1S/C9H6ClNO2/c1-6(12)13-9-3-2-7(5-11)4-8(9)10/h2-4H,1H3. The van der Waals surface area contributed by atoms with Crippen molar-refractivity contribution in [1.29, 1.82) is 5.26 Å². The molecule has 3 nitrogen and oxygen atoms in total. The van der Waals surface area contributed by atoms with Gasteiger partial charge in [0.15, 0.2) is 0 Å². The molecule has 1 rings (SSSR count). The Hall–Kier alpha value is -1.53. The van der Waals surface area contributed by atoms with Crippen molar-refractivity contribution in [1.82, 2.24) is 0 Å². The zero-order valence-corrected chi connectivity index (χ0v) is 7.63. The number of hydrogen-bond acceptors (Lipinski definition) is 3. The van der Waals surface area contributed by atoms with Crippen LogP contribution in [0.4, 0.5) is 0 Å². The zero-order valence-electron chi connectivity index (χ0n) is 6.87. The third-order valence-electron chi connectivity index (χ3n) is 1.31. The highest BCUT2D eigenvalue weighted by atomic mass is 35.5. The van der Waals surface area contributed by atoms with E-state index in [2.05, 4.69) is 0 Å². The molecule has 0 aromatic heterocycles. The van der Waals surface area contributed by atoms with Crippen molar-refractivity contribution in [3.63, 3.8) is 0 Å². The first-order chi connectivity index (χ1) is 6.13. The van der Waals surface area contributed by atoms with Crippen LogP contribution in [0, 0.1) is 11.3 Å². The topological polar surface area (TPSA) is 50.1 Å². The Morgan fingerprint density at radius 1 is 1.62 bits per heavy atom. The molecular weight excluding hydrogens is 190 g/mol. The molecule has 0 aliphatic heterocycles. The maximum atomic E-state index is 10.6. The lowest BCUT2D eigenvalue weighted by Crippen LogP contribution is -2.01. The summed E-state index contributed by atoms with van der Waals surface area (Å²) in [5, 5.41) is 8.78. The maximum absolute atomic E-state index is 10.6. The number of esters is 1. The minimum atomic E-state index is -0.438. The van der Waals surface area contributed by atoms with E-state index in [1.54, 1.807) is 0 Å². The normalized spacial score (nSPS) is 9.00. The van der Waals surface area contributed by atoms with Crippen molar-refractivity contribution >= 4 is 17.6 Å². The number of ether oxygens (including phenoxy) is 1. The Bertz CT molecular complexity index is 382. The number of halogens is 1. The molecule has 1 aromatic carbocycles. The molecule has 0 heterocycles. The fourth-order valence-electron chi connectivity index (χ4n) is 0.808. The van der Waals surface area contributed by atoms with E-state index in [9.17, 15) is 4.79 Å². The number of nitrogens with zero attached hydrogens (tertiary/aromatic N) is 1. The van der Waals surface area contributed by atoms with E-state index < -0.39 is 5.97 Å². The van der Waals surface area contributed by atoms with Crippen molar-refractivity contribution in [3.8, 4) is 11.8 Å². The van der Waals surface area contributed by atoms with Crippen LogP contribution >= 0.6 is 11.6 Å². The summed E-state index contributed by atoms with van der Waals surface area (Å²) in [6, 6.07) is 6.39. The molecule has 66 valence electrons. The fraction of sp³-hybridized carbons (Fsp3) is 0.111. The van der Waals surface area contributed by atoms with Crippen LogP contribution in [-0.2, 0) is 4.79 Å². The van der Waals surface area contributed by atoms with Crippen molar-refractivity contribution in [2.75, 3.05) is 0 Å². The number of carbonyl (C=O) groups excluding carboxylic acids is 1. The van der Waals surface area contributed by atoms with E-state index >= 15 is 0 Å². The number of rotatable bonds is 1. The minimum Gasteiger partial charge on any atom is -0.425 e. The summed E-state index contributed by atoms with van der Waals surface area (Å²) in [5.41, 5.74) is 0.431. The van der Waals surface area contributed by atoms with Gasteiger partial charge in [-0.05, 0) is 18.2 Å². The summed E-state index contributed by atoms with van der Waals surface area (Å²) in [6.07, 6.45) is 0. The molecule has 0 bridgehead atoms. The number of nitriles is 1. The summed E-state index contributed by atoms with van der Waals surface area (Å²) in [4.78, 5) is 10.6. The van der Waals surface area contributed by atoms with Crippen LogP contribution < -0.4 is 4.74 Å². The van der Waals surface area contributed by atoms with Gasteiger partial charge in [-0.1, -0.05) is 11.6 Å². The van der Waals surface area contributed by atoms with E-state index in [-0.39, 0.29) is 10.8 Å². The first-order valence-electron chi connectivity index (χ1n) is 3.51. The second kappa shape index (κ2) is 3.92. The smallest absolute Gasteiger partial charge is 0.308 e. The number of carbonyl (C=O) groups is 1. The average Bonchev–Trinajstić information content (AvgIpc) is 2.08. The molecule has 0 unspecified atom stereocenters. The van der Waals surface area contributed by atoms with Gasteiger partial charge in [-0.15, -0.1) is 0 Å². The first-order valence-corrected chi connectivity index (χ1v) is 3.89. The van der Waals surface area contributed by atoms with E-state index in [0.717, 1.165) is 0 Å². The molecule has 0 fully saturated rings. The highest BCUT2D eigenvalue weighted by Gasteiger charge is 2.04. The Morgan fingerprint density at radius 3 is 2.77 bits per heavy atom. The molecule has 0 amide bonds. The van der Waals surface area contributed by atoms with E-state index in [4.69, 9.17) is 21.6 Å². The van der Waals surface area contributed by atoms with Crippen molar-refractivity contribution in [2.45, 2.75) is 6.92 Å². The second-order valence-electron chi connectivity index (χ2n) is 2.35. The van der Waals surface area contributed by atoms with Gasteiger partial charge in [-0.3, -0.25) is 4.79 Å². The summed E-state index contributed by atoms with van der Waals surface area (Å²) in [5.74, 6) is -0.167. The predicted molar refractivity (Wildman–Crippen MR) is 47.5 cm³/mol. The fourth-order valence-corrected chi connectivity index (χ4v) is 1.03. The van der Waals surface area contributed by atoms with Crippen LogP contribution in [0.3, 0.4) is 0 Å². The molecule has 0 aliphatic carbocycles. The van der Waals surface area contributed by atoms with Gasteiger partial charge in [0.05, 0.1) is 16.7 Å². The van der Waals surface area contributed by atoms with Crippen LogP contribution in [-0.4, -0.2) is 5.97 Å². The Morgan fingerprint density at radius 2 is 2.31 bits per heavy atom. The summed E-state index contributed by atoms with van der Waals surface area (Å²) >= 11 is 5.72. The van der Waals surface area contributed by atoms with Gasteiger partial charge in [0.2, 0.25) is 0 Å². The zero-order chi connectivity index (χ0) is 9.84. The molecule has 0 atom stereocenters. The van der Waals surface area contributed by atoms with Gasteiger partial charge in [0.1, 0.15) is 5.75 Å². The van der Waals surface area contributed by atoms with Gasteiger partial charge < -0.3 is 4.74 Å². The lowest BCUT2D eigenvalue weighted by Gasteiger charge is -2.02. The summed E-state index contributed by atoms with van der Waals surface area (Å²) in [7, 11) is 0. The molecule has 4 heteroatoms. The molecule has 0 saturated heterocycles. The third-order valence-corrected chi connectivity index (χ3v) is 1.61. The lowest BCUT2D eigenvalue weighted by atomic mass is 10.2. The van der Waals surface area contributed by atoms with Crippen molar-refractivity contribution < 1.29 is 9.53 Å². The van der Waals surface area contributed by atoms with Gasteiger partial charge in [-0.2, -0.15) is 5.26 Å². The quantitative estimate of drug-likeness (QED) is 0.510. The van der Waals surface area contributed by atoms with Gasteiger partial charge in [0, 0.05) is 6.92 Å². The third kappa shape index (κ3) is 2.46. The van der Waals surface area contributed by atoms with Crippen LogP contribution in [0.2, 0.25) is 5.02 Å². The van der Waals surface area contributed by atoms with Gasteiger partial charge >= 0.3 is 5.97 Å². The van der Waals surface area contributed by atoms with Crippen molar-refractivity contribution in [2.24, 2.45) is 0 Å². The van der Waals surface area contributed by atoms with E-state index in [1.807, 2.05) is 6.07 Å². The molecule has 0 radical (unpaired) electrons. The Balaban J connectivity index is 3.00. The molecule has 0 spiro atoms. The molecule has 13 heavy (non-hydrogen) atoms. The highest BCUT2D eigenvalue weighted by Crippen LogP contribution is 2.25. The van der Waals surface area contributed by atoms with Crippen LogP contribution in [0.15, 0.2) is 18.2 Å². The number of hydrogen-bond donors (Lipinski definition) is 0. The SMILES string of the molecule is CC(=O)Oc1ccc(C#N)cc1Cl. The largest absolute Gasteiger partial charge is 0.425 e. The Labute approximate surface area is 80.5 Å². The summed E-state index contributed by atoms with van der Waals surface area (Å²) < 4.78 is 4.76. The predicted octanol–water partition coefficient (Wildman–Crippen LogP) is 2.14. The van der Waals surface area contributed by atoms with Crippen LogP contribution in [0.1, 0.15) is 12.5 Å². The molecular formula is C9H6ClNO2. The highest BCUT2D eigenvalue weighted by molar-refractivity contribution is 6.32. The first kappa shape index (κ1) is 9.56. The minimum absolute atomic E-state index is 0.259. The van der Waals surface area contributed by atoms with E-state index in [1.165, 1.54) is 25.1 Å². The Kier molecular flexibility index (Phi) is 2.88. The molecule has 0 saturated carbocycles. The van der Waals surface area contributed by atoms with Crippen molar-refractivity contribution in [3.05, 3.63) is 28.8 Å².